The molecule has 1 atom stereocenters. The van der Waals surface area contributed by atoms with Gasteiger partial charge in [-0.15, -0.1) is 0 Å². The number of benzene rings is 1. The molecule has 2 aromatic rings. The monoisotopic (exact) mass is 257 g/mol. The Morgan fingerprint density at radius 1 is 1.32 bits per heavy atom. The number of aromatic nitrogens is 1. The lowest BCUT2D eigenvalue weighted by Gasteiger charge is -2.16. The molecule has 1 heterocycles. The van der Waals surface area contributed by atoms with Crippen LogP contribution in [0.3, 0.4) is 0 Å². The third-order valence-electron chi connectivity index (χ3n) is 3.01. The van der Waals surface area contributed by atoms with E-state index in [1.165, 1.54) is 6.07 Å². The Kier molecular flexibility index (Phi) is 3.75. The summed E-state index contributed by atoms with van der Waals surface area (Å²) in [7, 11) is 0. The van der Waals surface area contributed by atoms with E-state index < -0.39 is 0 Å². The first-order valence-electron chi connectivity index (χ1n) is 6.00. The molecule has 0 saturated heterocycles. The van der Waals surface area contributed by atoms with E-state index in [9.17, 15) is 10.1 Å². The number of hydrogen-bond donors (Lipinski definition) is 1. The predicted octanol–water partition coefficient (Wildman–Crippen LogP) is 3.47. The Labute approximate surface area is 111 Å². The molecule has 5 heteroatoms. The van der Waals surface area contributed by atoms with Crippen molar-refractivity contribution in [3.8, 4) is 0 Å². The van der Waals surface area contributed by atoms with Crippen molar-refractivity contribution in [1.82, 2.24) is 4.98 Å². The Morgan fingerprint density at radius 2 is 2.05 bits per heavy atom. The minimum Gasteiger partial charge on any atom is -0.377 e. The van der Waals surface area contributed by atoms with Gasteiger partial charge in [0.2, 0.25) is 0 Å². The van der Waals surface area contributed by atoms with E-state index in [0.29, 0.717) is 5.56 Å². The van der Waals surface area contributed by atoms with Crippen LogP contribution in [-0.4, -0.2) is 9.91 Å². The number of aryl methyl sites for hydroxylation is 1. The fourth-order valence-corrected chi connectivity index (χ4v) is 1.95. The minimum atomic E-state index is -0.358. The first kappa shape index (κ1) is 13.0. The molecule has 1 aromatic carbocycles. The molecule has 0 saturated carbocycles. The van der Waals surface area contributed by atoms with Crippen LogP contribution in [0, 0.1) is 17.0 Å². The average Bonchev–Trinajstić information content (AvgIpc) is 2.41. The van der Waals surface area contributed by atoms with Crippen LogP contribution < -0.4 is 5.32 Å². The first-order valence-corrected chi connectivity index (χ1v) is 6.00. The molecular formula is C14H15N3O2. The maximum absolute atomic E-state index is 11.0. The normalized spacial score (nSPS) is 11.9. The van der Waals surface area contributed by atoms with Crippen LogP contribution in [0.5, 0.6) is 0 Å². The largest absolute Gasteiger partial charge is 0.377 e. The van der Waals surface area contributed by atoms with Gasteiger partial charge in [0.25, 0.3) is 5.69 Å². The number of nitro groups is 1. The van der Waals surface area contributed by atoms with Crippen LogP contribution in [0.1, 0.15) is 24.1 Å². The maximum Gasteiger partial charge on any atom is 0.274 e. The standard InChI is InChI=1S/C14H15N3O2/c1-10-7-8-15-9-13(10)16-11(2)12-5-3-4-6-14(12)17(18)19/h3-9,11,16H,1-2H3. The minimum absolute atomic E-state index is 0.129. The van der Waals surface area contributed by atoms with Gasteiger partial charge in [-0.2, -0.15) is 0 Å². The van der Waals surface area contributed by atoms with Gasteiger partial charge >= 0.3 is 0 Å². The number of nitrogens with zero attached hydrogens (tertiary/aromatic N) is 2. The van der Waals surface area contributed by atoms with Crippen LogP contribution in [0.15, 0.2) is 42.7 Å². The van der Waals surface area contributed by atoms with Gasteiger partial charge in [-0.3, -0.25) is 15.1 Å². The number of para-hydroxylation sites is 1. The van der Waals surface area contributed by atoms with Crippen molar-refractivity contribution >= 4 is 11.4 Å². The molecule has 1 aromatic heterocycles. The third-order valence-corrected chi connectivity index (χ3v) is 3.01. The molecule has 0 spiro atoms. The SMILES string of the molecule is Cc1ccncc1NC(C)c1ccccc1[N+](=O)[O-]. The lowest BCUT2D eigenvalue weighted by Crippen LogP contribution is -2.10. The zero-order valence-corrected chi connectivity index (χ0v) is 10.8. The summed E-state index contributed by atoms with van der Waals surface area (Å²) in [6.45, 7) is 3.87. The Hall–Kier alpha value is -2.43. The first-order chi connectivity index (χ1) is 9.09. The van der Waals surface area contributed by atoms with E-state index in [-0.39, 0.29) is 16.7 Å². The van der Waals surface area contributed by atoms with Gasteiger partial charge in [-0.1, -0.05) is 18.2 Å². The zero-order valence-electron chi connectivity index (χ0n) is 10.8. The Balaban J connectivity index is 2.28. The summed E-state index contributed by atoms with van der Waals surface area (Å²) in [5.41, 5.74) is 2.73. The summed E-state index contributed by atoms with van der Waals surface area (Å²) in [5, 5.41) is 14.3. The van der Waals surface area contributed by atoms with Crippen molar-refractivity contribution in [2.24, 2.45) is 0 Å². The number of nitro benzene ring substituents is 1. The second-order valence-electron chi connectivity index (χ2n) is 4.37. The molecule has 1 unspecified atom stereocenters. The summed E-state index contributed by atoms with van der Waals surface area (Å²) in [4.78, 5) is 14.7. The molecular weight excluding hydrogens is 242 g/mol. The smallest absolute Gasteiger partial charge is 0.274 e. The van der Waals surface area contributed by atoms with Crippen molar-refractivity contribution in [3.05, 3.63) is 64.0 Å². The lowest BCUT2D eigenvalue weighted by atomic mass is 10.1. The van der Waals surface area contributed by atoms with Gasteiger partial charge in [-0.05, 0) is 25.5 Å². The highest BCUT2D eigenvalue weighted by Crippen LogP contribution is 2.27. The van der Waals surface area contributed by atoms with E-state index in [1.54, 1.807) is 30.6 Å². The van der Waals surface area contributed by atoms with E-state index in [1.807, 2.05) is 19.9 Å². The van der Waals surface area contributed by atoms with Crippen LogP contribution >= 0.6 is 0 Å². The second kappa shape index (κ2) is 5.48. The molecule has 1 N–H and O–H groups in total. The Bertz CT molecular complexity index is 599. The van der Waals surface area contributed by atoms with Crippen molar-refractivity contribution < 1.29 is 4.92 Å². The number of hydrogen-bond acceptors (Lipinski definition) is 4. The van der Waals surface area contributed by atoms with E-state index >= 15 is 0 Å². The summed E-state index contributed by atoms with van der Waals surface area (Å²) in [6, 6.07) is 8.49. The summed E-state index contributed by atoms with van der Waals surface area (Å²) in [6.07, 6.45) is 3.44. The van der Waals surface area contributed by atoms with Crippen LogP contribution in [0.2, 0.25) is 0 Å². The van der Waals surface area contributed by atoms with Crippen LogP contribution in [0.25, 0.3) is 0 Å². The predicted molar refractivity (Wildman–Crippen MR) is 74.1 cm³/mol. The van der Waals surface area contributed by atoms with Crippen molar-refractivity contribution in [2.75, 3.05) is 5.32 Å². The molecule has 98 valence electrons. The van der Waals surface area contributed by atoms with Gasteiger partial charge in [0, 0.05) is 12.3 Å². The highest BCUT2D eigenvalue weighted by atomic mass is 16.6. The molecule has 0 radical (unpaired) electrons. The van der Waals surface area contributed by atoms with Gasteiger partial charge in [-0.25, -0.2) is 0 Å². The van der Waals surface area contributed by atoms with Crippen molar-refractivity contribution in [2.45, 2.75) is 19.9 Å². The maximum atomic E-state index is 11.0. The molecule has 2 rings (SSSR count). The quantitative estimate of drug-likeness (QED) is 0.672. The molecule has 0 aliphatic carbocycles. The van der Waals surface area contributed by atoms with Gasteiger partial charge in [0.1, 0.15) is 0 Å². The summed E-state index contributed by atoms with van der Waals surface area (Å²) < 4.78 is 0. The van der Waals surface area contributed by atoms with Gasteiger partial charge < -0.3 is 5.32 Å². The third kappa shape index (κ3) is 2.88. The summed E-state index contributed by atoms with van der Waals surface area (Å²) >= 11 is 0. The second-order valence-corrected chi connectivity index (χ2v) is 4.37. The van der Waals surface area contributed by atoms with Crippen LogP contribution in [-0.2, 0) is 0 Å². The molecule has 0 fully saturated rings. The van der Waals surface area contributed by atoms with E-state index in [4.69, 9.17) is 0 Å². The van der Waals surface area contributed by atoms with Crippen LogP contribution in [0.4, 0.5) is 11.4 Å². The Morgan fingerprint density at radius 3 is 2.74 bits per heavy atom. The fourth-order valence-electron chi connectivity index (χ4n) is 1.95. The summed E-state index contributed by atoms with van der Waals surface area (Å²) in [5.74, 6) is 0. The fraction of sp³-hybridized carbons (Fsp3) is 0.214. The molecule has 5 nitrogen and oxygen atoms in total. The molecule has 0 bridgehead atoms. The molecule has 0 aliphatic heterocycles. The highest BCUT2D eigenvalue weighted by molar-refractivity contribution is 5.52. The molecule has 0 amide bonds. The van der Waals surface area contributed by atoms with Gasteiger partial charge in [0.15, 0.2) is 0 Å². The topological polar surface area (TPSA) is 68.1 Å². The lowest BCUT2D eigenvalue weighted by molar-refractivity contribution is -0.385. The number of rotatable bonds is 4. The zero-order chi connectivity index (χ0) is 13.8. The molecule has 0 aliphatic rings. The number of pyridine rings is 1. The number of anilines is 1. The van der Waals surface area contributed by atoms with Gasteiger partial charge in [0.05, 0.1) is 28.4 Å². The van der Waals surface area contributed by atoms with Crippen molar-refractivity contribution in [1.29, 1.82) is 0 Å². The average molecular weight is 257 g/mol. The number of nitrogens with one attached hydrogen (secondary N) is 1. The van der Waals surface area contributed by atoms with E-state index in [0.717, 1.165) is 11.3 Å². The highest BCUT2D eigenvalue weighted by Gasteiger charge is 2.18. The molecule has 19 heavy (non-hydrogen) atoms. The van der Waals surface area contributed by atoms with E-state index in [2.05, 4.69) is 10.3 Å². The van der Waals surface area contributed by atoms with Crippen molar-refractivity contribution in [3.63, 3.8) is 0 Å².